The molecule has 6 nitrogen and oxygen atoms in total. The molecule has 1 aromatic carbocycles. The number of fused-ring (bicyclic) bond motifs is 2. The lowest BCUT2D eigenvalue weighted by atomic mass is 10.00. The molecule has 0 unspecified atom stereocenters. The van der Waals surface area contributed by atoms with Crippen molar-refractivity contribution >= 4 is 28.3 Å². The molecule has 0 radical (unpaired) electrons. The third-order valence-electron chi connectivity index (χ3n) is 5.08. The number of carbonyl (C=O) groups is 1. The molecule has 7 heteroatoms. The van der Waals surface area contributed by atoms with E-state index in [-0.39, 0.29) is 11.9 Å². The van der Waals surface area contributed by atoms with Gasteiger partial charge < -0.3 is 14.5 Å². The second-order valence-corrected chi connectivity index (χ2v) is 7.46. The SMILES string of the molecule is CCn1c(=O)c(=O)[nH]c2cc(C(=O)N3CCc4sccc4[C@H]3C)ccc21. The van der Waals surface area contributed by atoms with Crippen LogP contribution in [0.25, 0.3) is 11.0 Å². The number of hydrogen-bond acceptors (Lipinski definition) is 4. The molecule has 0 spiro atoms. The Morgan fingerprint density at radius 2 is 2.12 bits per heavy atom. The first kappa shape index (κ1) is 16.8. The van der Waals surface area contributed by atoms with Gasteiger partial charge in [-0.25, -0.2) is 0 Å². The zero-order chi connectivity index (χ0) is 18.4. The van der Waals surface area contributed by atoms with Crippen LogP contribution in [0.4, 0.5) is 0 Å². The number of aromatic amines is 1. The summed E-state index contributed by atoms with van der Waals surface area (Å²) in [6, 6.07) is 7.23. The highest BCUT2D eigenvalue weighted by molar-refractivity contribution is 7.10. The first-order valence-corrected chi connectivity index (χ1v) is 9.53. The number of nitrogens with zero attached hydrogens (tertiary/aromatic N) is 2. The summed E-state index contributed by atoms with van der Waals surface area (Å²) in [5.74, 6) is -0.0636. The summed E-state index contributed by atoms with van der Waals surface area (Å²) in [5, 5.41) is 2.07. The standard InChI is InChI=1S/C19H19N3O3S/c1-3-21-15-5-4-12(10-14(15)20-17(23)19(21)25)18(24)22-8-6-16-13(11(22)2)7-9-26-16/h4-5,7,9-11H,3,6,8H2,1-2H3,(H,20,23)/t11-/m1/s1. The molecule has 1 aliphatic heterocycles. The number of rotatable bonds is 2. The molecule has 0 saturated carbocycles. The van der Waals surface area contributed by atoms with E-state index in [2.05, 4.69) is 16.4 Å². The molecule has 0 aliphatic carbocycles. The summed E-state index contributed by atoms with van der Waals surface area (Å²) in [4.78, 5) is 42.7. The van der Waals surface area contributed by atoms with Crippen LogP contribution in [0.2, 0.25) is 0 Å². The van der Waals surface area contributed by atoms with Crippen LogP contribution < -0.4 is 11.1 Å². The summed E-state index contributed by atoms with van der Waals surface area (Å²) in [5.41, 5.74) is 1.61. The van der Waals surface area contributed by atoms with Crippen molar-refractivity contribution in [2.75, 3.05) is 6.54 Å². The van der Waals surface area contributed by atoms with Crippen molar-refractivity contribution in [2.45, 2.75) is 32.9 Å². The lowest BCUT2D eigenvalue weighted by Gasteiger charge is -2.33. The first-order chi connectivity index (χ1) is 12.5. The third-order valence-corrected chi connectivity index (χ3v) is 6.07. The summed E-state index contributed by atoms with van der Waals surface area (Å²) >= 11 is 1.74. The predicted molar refractivity (Wildman–Crippen MR) is 102 cm³/mol. The molecule has 26 heavy (non-hydrogen) atoms. The van der Waals surface area contributed by atoms with Crippen LogP contribution in [-0.4, -0.2) is 26.9 Å². The quantitative estimate of drug-likeness (QED) is 0.706. The monoisotopic (exact) mass is 369 g/mol. The fourth-order valence-electron chi connectivity index (χ4n) is 3.68. The maximum Gasteiger partial charge on any atom is 0.316 e. The topological polar surface area (TPSA) is 75.2 Å². The minimum absolute atomic E-state index is 0.0249. The molecule has 134 valence electrons. The van der Waals surface area contributed by atoms with E-state index in [1.165, 1.54) is 15.0 Å². The van der Waals surface area contributed by atoms with Crippen molar-refractivity contribution in [1.29, 1.82) is 0 Å². The Labute approximate surface area is 153 Å². The van der Waals surface area contributed by atoms with E-state index in [1.54, 1.807) is 29.5 Å². The number of benzene rings is 1. The number of thiophene rings is 1. The lowest BCUT2D eigenvalue weighted by molar-refractivity contribution is 0.0679. The predicted octanol–water partition coefficient (Wildman–Crippen LogP) is 2.53. The van der Waals surface area contributed by atoms with Crippen LogP contribution in [0.3, 0.4) is 0 Å². The Morgan fingerprint density at radius 3 is 2.88 bits per heavy atom. The Hall–Kier alpha value is -2.67. The van der Waals surface area contributed by atoms with Crippen molar-refractivity contribution in [3.05, 3.63) is 66.4 Å². The normalized spacial score (nSPS) is 16.7. The molecule has 3 aromatic rings. The molecule has 4 rings (SSSR count). The third kappa shape index (κ3) is 2.50. The van der Waals surface area contributed by atoms with Crippen LogP contribution in [0.15, 0.2) is 39.2 Å². The van der Waals surface area contributed by atoms with Crippen LogP contribution in [0.5, 0.6) is 0 Å². The summed E-state index contributed by atoms with van der Waals surface area (Å²) in [7, 11) is 0. The molecule has 2 aromatic heterocycles. The second-order valence-electron chi connectivity index (χ2n) is 6.46. The highest BCUT2D eigenvalue weighted by Gasteiger charge is 2.29. The van der Waals surface area contributed by atoms with Gasteiger partial charge in [0.2, 0.25) is 0 Å². The second kappa shape index (κ2) is 6.25. The van der Waals surface area contributed by atoms with E-state index in [0.717, 1.165) is 6.42 Å². The lowest BCUT2D eigenvalue weighted by Crippen LogP contribution is -2.38. The highest BCUT2D eigenvalue weighted by Crippen LogP contribution is 2.33. The van der Waals surface area contributed by atoms with Gasteiger partial charge in [-0.15, -0.1) is 11.3 Å². The van der Waals surface area contributed by atoms with Crippen molar-refractivity contribution in [2.24, 2.45) is 0 Å². The van der Waals surface area contributed by atoms with Gasteiger partial charge in [-0.05, 0) is 55.5 Å². The van der Waals surface area contributed by atoms with Gasteiger partial charge >= 0.3 is 11.1 Å². The number of nitrogens with one attached hydrogen (secondary N) is 1. The fourth-order valence-corrected chi connectivity index (χ4v) is 4.64. The Kier molecular flexibility index (Phi) is 4.03. The van der Waals surface area contributed by atoms with E-state index < -0.39 is 11.1 Å². The summed E-state index contributed by atoms with van der Waals surface area (Å²) in [6.45, 7) is 4.93. The number of hydrogen-bond donors (Lipinski definition) is 1. The maximum absolute atomic E-state index is 13.1. The van der Waals surface area contributed by atoms with Gasteiger partial charge in [-0.3, -0.25) is 14.4 Å². The molecule has 3 heterocycles. The van der Waals surface area contributed by atoms with Crippen molar-refractivity contribution < 1.29 is 4.79 Å². The summed E-state index contributed by atoms with van der Waals surface area (Å²) < 4.78 is 1.42. The Balaban J connectivity index is 1.75. The van der Waals surface area contributed by atoms with Crippen LogP contribution in [-0.2, 0) is 13.0 Å². The van der Waals surface area contributed by atoms with Gasteiger partial charge in [0.15, 0.2) is 0 Å². The van der Waals surface area contributed by atoms with E-state index in [9.17, 15) is 14.4 Å². The van der Waals surface area contributed by atoms with Gasteiger partial charge in [-0.1, -0.05) is 0 Å². The number of aryl methyl sites for hydroxylation is 1. The highest BCUT2D eigenvalue weighted by atomic mass is 32.1. The Bertz CT molecular complexity index is 1120. The summed E-state index contributed by atoms with van der Waals surface area (Å²) in [6.07, 6.45) is 0.864. The number of aromatic nitrogens is 2. The van der Waals surface area contributed by atoms with E-state index in [4.69, 9.17) is 0 Å². The molecule has 0 saturated heterocycles. The molecule has 1 aliphatic rings. The van der Waals surface area contributed by atoms with Crippen molar-refractivity contribution in [3.63, 3.8) is 0 Å². The van der Waals surface area contributed by atoms with Gasteiger partial charge in [0, 0.05) is 23.5 Å². The zero-order valence-corrected chi connectivity index (χ0v) is 15.4. The molecule has 1 atom stereocenters. The first-order valence-electron chi connectivity index (χ1n) is 8.65. The molecule has 0 fully saturated rings. The van der Waals surface area contributed by atoms with Crippen molar-refractivity contribution in [3.8, 4) is 0 Å². The maximum atomic E-state index is 13.1. The largest absolute Gasteiger partial charge is 0.331 e. The average Bonchev–Trinajstić information content (AvgIpc) is 3.12. The van der Waals surface area contributed by atoms with Gasteiger partial charge in [-0.2, -0.15) is 0 Å². The van der Waals surface area contributed by atoms with Gasteiger partial charge in [0.05, 0.1) is 17.1 Å². The zero-order valence-electron chi connectivity index (χ0n) is 14.6. The van der Waals surface area contributed by atoms with Gasteiger partial charge in [0.25, 0.3) is 5.91 Å². The van der Waals surface area contributed by atoms with E-state index in [0.29, 0.717) is 29.7 Å². The van der Waals surface area contributed by atoms with Crippen LogP contribution in [0, 0.1) is 0 Å². The molecule has 1 N–H and O–H groups in total. The number of H-pyrrole nitrogens is 1. The minimum Gasteiger partial charge on any atom is -0.331 e. The van der Waals surface area contributed by atoms with Gasteiger partial charge in [0.1, 0.15) is 0 Å². The number of amides is 1. The fraction of sp³-hybridized carbons (Fsp3) is 0.316. The minimum atomic E-state index is -0.668. The molecule has 0 bridgehead atoms. The van der Waals surface area contributed by atoms with Crippen molar-refractivity contribution in [1.82, 2.24) is 14.5 Å². The smallest absolute Gasteiger partial charge is 0.316 e. The van der Waals surface area contributed by atoms with E-state index >= 15 is 0 Å². The Morgan fingerprint density at radius 1 is 1.31 bits per heavy atom. The average molecular weight is 369 g/mol. The molecular formula is C19H19N3O3S. The van der Waals surface area contributed by atoms with Crippen LogP contribution in [0.1, 0.15) is 40.7 Å². The van der Waals surface area contributed by atoms with Crippen LogP contribution >= 0.6 is 11.3 Å². The van der Waals surface area contributed by atoms with E-state index in [1.807, 2.05) is 18.7 Å². The molecular weight excluding hydrogens is 350 g/mol. The number of carbonyl (C=O) groups excluding carboxylic acids is 1. The molecule has 1 amide bonds.